The third kappa shape index (κ3) is 2.96. The van der Waals surface area contributed by atoms with Crippen LogP contribution in [0.15, 0.2) is 23.1 Å². The molecule has 0 radical (unpaired) electrons. The summed E-state index contributed by atoms with van der Waals surface area (Å²) in [7, 11) is 0. The van der Waals surface area contributed by atoms with Crippen molar-refractivity contribution in [2.45, 2.75) is 40.5 Å². The number of nitrogens with zero attached hydrogens (tertiary/aromatic N) is 2. The van der Waals surface area contributed by atoms with E-state index < -0.39 is 0 Å². The molecule has 0 aliphatic heterocycles. The molecule has 0 atom stereocenters. The van der Waals surface area contributed by atoms with Crippen LogP contribution in [0.25, 0.3) is 5.65 Å². The van der Waals surface area contributed by atoms with Crippen molar-refractivity contribution in [3.63, 3.8) is 0 Å². The van der Waals surface area contributed by atoms with E-state index in [0.29, 0.717) is 11.3 Å². The zero-order valence-electron chi connectivity index (χ0n) is 12.9. The van der Waals surface area contributed by atoms with Crippen LogP contribution in [-0.2, 0) is 4.79 Å². The summed E-state index contributed by atoms with van der Waals surface area (Å²) >= 11 is 0. The monoisotopic (exact) mass is 287 g/mol. The van der Waals surface area contributed by atoms with Crippen molar-refractivity contribution < 1.29 is 4.79 Å². The summed E-state index contributed by atoms with van der Waals surface area (Å²) in [5.74, 6) is -0.198. The van der Waals surface area contributed by atoms with Gasteiger partial charge < -0.3 is 5.32 Å². The number of rotatable bonds is 4. The lowest BCUT2D eigenvalue weighted by Gasteiger charge is -2.14. The van der Waals surface area contributed by atoms with Gasteiger partial charge in [-0.2, -0.15) is 0 Å². The van der Waals surface area contributed by atoms with E-state index >= 15 is 0 Å². The Morgan fingerprint density at radius 3 is 2.62 bits per heavy atom. The lowest BCUT2D eigenvalue weighted by molar-refractivity contribution is -0.120. The molecule has 5 nitrogen and oxygen atoms in total. The minimum absolute atomic E-state index is 0.0810. The maximum atomic E-state index is 12.5. The number of carbonyl (C=O) groups excluding carboxylic acids is 1. The molecule has 0 spiro atoms. The van der Waals surface area contributed by atoms with Crippen molar-refractivity contribution in [2.24, 2.45) is 5.92 Å². The van der Waals surface area contributed by atoms with E-state index in [0.717, 1.165) is 18.4 Å². The average molecular weight is 287 g/mol. The SMILES string of the molecule is CCC(CC)C(=O)Nc1c(C)nc2cc(C)ccn2c1=O. The first kappa shape index (κ1) is 15.2. The van der Waals surface area contributed by atoms with Crippen molar-refractivity contribution in [3.05, 3.63) is 39.9 Å². The molecule has 0 saturated carbocycles. The summed E-state index contributed by atoms with van der Waals surface area (Å²) in [5.41, 5.74) is 2.21. The van der Waals surface area contributed by atoms with Crippen LogP contribution in [-0.4, -0.2) is 15.3 Å². The predicted octanol–water partition coefficient (Wildman–Crippen LogP) is 2.69. The first-order valence-electron chi connectivity index (χ1n) is 7.28. The molecule has 2 heterocycles. The molecule has 2 aromatic rings. The van der Waals surface area contributed by atoms with Gasteiger partial charge in [0.05, 0.1) is 5.69 Å². The van der Waals surface area contributed by atoms with Gasteiger partial charge in [-0.15, -0.1) is 0 Å². The Balaban J connectivity index is 2.48. The summed E-state index contributed by atoms with van der Waals surface area (Å²) < 4.78 is 1.46. The molecule has 1 amide bonds. The number of pyridine rings is 1. The highest BCUT2D eigenvalue weighted by molar-refractivity contribution is 5.92. The molecule has 0 aliphatic rings. The fraction of sp³-hybridized carbons (Fsp3) is 0.438. The zero-order chi connectivity index (χ0) is 15.6. The lowest BCUT2D eigenvalue weighted by atomic mass is 10.0. The fourth-order valence-corrected chi connectivity index (χ4v) is 2.38. The van der Waals surface area contributed by atoms with E-state index in [1.54, 1.807) is 13.1 Å². The van der Waals surface area contributed by atoms with Crippen LogP contribution in [0.4, 0.5) is 5.69 Å². The number of nitrogens with one attached hydrogen (secondary N) is 1. The van der Waals surface area contributed by atoms with E-state index in [9.17, 15) is 9.59 Å². The van der Waals surface area contributed by atoms with Gasteiger partial charge in [-0.25, -0.2) is 4.98 Å². The largest absolute Gasteiger partial charge is 0.320 e. The van der Waals surface area contributed by atoms with E-state index in [1.807, 2.05) is 32.9 Å². The second-order valence-electron chi connectivity index (χ2n) is 5.31. The molecule has 0 aromatic carbocycles. The summed E-state index contributed by atoms with van der Waals surface area (Å²) in [6, 6.07) is 3.69. The van der Waals surface area contributed by atoms with Crippen LogP contribution < -0.4 is 10.9 Å². The van der Waals surface area contributed by atoms with Gasteiger partial charge in [-0.05, 0) is 44.4 Å². The Labute approximate surface area is 124 Å². The molecule has 0 bridgehead atoms. The van der Waals surface area contributed by atoms with E-state index in [-0.39, 0.29) is 23.1 Å². The van der Waals surface area contributed by atoms with Crippen LogP contribution in [0.5, 0.6) is 0 Å². The van der Waals surface area contributed by atoms with Gasteiger partial charge in [-0.3, -0.25) is 14.0 Å². The molecule has 5 heteroatoms. The second kappa shape index (κ2) is 6.08. The van der Waals surface area contributed by atoms with Gasteiger partial charge in [0.2, 0.25) is 5.91 Å². The number of anilines is 1. The highest BCUT2D eigenvalue weighted by Crippen LogP contribution is 2.14. The Morgan fingerprint density at radius 2 is 2.00 bits per heavy atom. The lowest BCUT2D eigenvalue weighted by Crippen LogP contribution is -2.28. The molecule has 2 aromatic heterocycles. The first-order valence-corrected chi connectivity index (χ1v) is 7.28. The molecule has 112 valence electrons. The van der Waals surface area contributed by atoms with E-state index in [4.69, 9.17) is 0 Å². The van der Waals surface area contributed by atoms with Crippen LogP contribution in [0, 0.1) is 19.8 Å². The highest BCUT2D eigenvalue weighted by Gasteiger charge is 2.18. The van der Waals surface area contributed by atoms with Gasteiger partial charge in [0.1, 0.15) is 11.3 Å². The third-order valence-electron chi connectivity index (χ3n) is 3.77. The van der Waals surface area contributed by atoms with Crippen molar-refractivity contribution in [2.75, 3.05) is 5.32 Å². The molecule has 21 heavy (non-hydrogen) atoms. The smallest absolute Gasteiger partial charge is 0.281 e. The maximum Gasteiger partial charge on any atom is 0.281 e. The molecule has 0 aliphatic carbocycles. The summed E-state index contributed by atoms with van der Waals surface area (Å²) in [6.07, 6.45) is 3.19. The molecular weight excluding hydrogens is 266 g/mol. The Kier molecular flexibility index (Phi) is 4.40. The fourth-order valence-electron chi connectivity index (χ4n) is 2.38. The zero-order valence-corrected chi connectivity index (χ0v) is 12.9. The number of hydrogen-bond donors (Lipinski definition) is 1. The molecular formula is C16H21N3O2. The van der Waals surface area contributed by atoms with Gasteiger partial charge >= 0.3 is 0 Å². The second-order valence-corrected chi connectivity index (χ2v) is 5.31. The normalized spacial score (nSPS) is 11.1. The van der Waals surface area contributed by atoms with Gasteiger partial charge in [0.25, 0.3) is 5.56 Å². The van der Waals surface area contributed by atoms with Crippen molar-refractivity contribution in [1.29, 1.82) is 0 Å². The molecule has 2 rings (SSSR count). The Hall–Kier alpha value is -2.17. The minimum atomic E-state index is -0.239. The minimum Gasteiger partial charge on any atom is -0.320 e. The molecule has 1 N–H and O–H groups in total. The molecule has 0 saturated heterocycles. The highest BCUT2D eigenvalue weighted by atomic mass is 16.2. The van der Waals surface area contributed by atoms with Gasteiger partial charge in [0.15, 0.2) is 0 Å². The quantitative estimate of drug-likeness (QED) is 0.940. The van der Waals surface area contributed by atoms with Crippen molar-refractivity contribution in [1.82, 2.24) is 9.38 Å². The molecule has 0 unspecified atom stereocenters. The van der Waals surface area contributed by atoms with Crippen LogP contribution in [0.2, 0.25) is 0 Å². The van der Waals surface area contributed by atoms with Crippen molar-refractivity contribution in [3.8, 4) is 0 Å². The van der Waals surface area contributed by atoms with Gasteiger partial charge in [-0.1, -0.05) is 13.8 Å². The summed E-state index contributed by atoms with van der Waals surface area (Å²) in [5, 5.41) is 2.75. The summed E-state index contributed by atoms with van der Waals surface area (Å²) in [4.78, 5) is 29.1. The topological polar surface area (TPSA) is 63.5 Å². The van der Waals surface area contributed by atoms with Crippen molar-refractivity contribution >= 4 is 17.2 Å². The number of hydrogen-bond acceptors (Lipinski definition) is 3. The van der Waals surface area contributed by atoms with Crippen LogP contribution in [0.3, 0.4) is 0 Å². The van der Waals surface area contributed by atoms with Crippen LogP contribution >= 0.6 is 0 Å². The third-order valence-corrected chi connectivity index (χ3v) is 3.77. The Morgan fingerprint density at radius 1 is 1.33 bits per heavy atom. The number of carbonyl (C=O) groups is 1. The number of aromatic nitrogens is 2. The number of fused-ring (bicyclic) bond motifs is 1. The molecule has 0 fully saturated rings. The Bertz CT molecular complexity index is 730. The summed E-state index contributed by atoms with van der Waals surface area (Å²) in [6.45, 7) is 7.63. The van der Waals surface area contributed by atoms with E-state index in [1.165, 1.54) is 4.40 Å². The van der Waals surface area contributed by atoms with Crippen LogP contribution in [0.1, 0.15) is 37.9 Å². The number of amides is 1. The predicted molar refractivity (Wildman–Crippen MR) is 83.6 cm³/mol. The van der Waals surface area contributed by atoms with Gasteiger partial charge in [0, 0.05) is 12.1 Å². The van der Waals surface area contributed by atoms with E-state index in [2.05, 4.69) is 10.3 Å². The average Bonchev–Trinajstić information content (AvgIpc) is 2.44. The number of aryl methyl sites for hydroxylation is 2. The maximum absolute atomic E-state index is 12.5. The first-order chi connectivity index (χ1) is 9.97. The standard InChI is InChI=1S/C16H21N3O2/c1-5-12(6-2)15(20)18-14-11(4)17-13-9-10(3)7-8-19(13)16(14)21/h7-9,12H,5-6H2,1-4H3,(H,18,20).